The SMILES string of the molecule is CCCCC(O)(O)C(O)(O)C(O)(O)C(=O)O. The van der Waals surface area contributed by atoms with Crippen molar-refractivity contribution < 1.29 is 40.5 Å². The van der Waals surface area contributed by atoms with E-state index in [9.17, 15) is 15.0 Å². The molecule has 0 fully saturated rings. The van der Waals surface area contributed by atoms with Crippen molar-refractivity contribution in [3.8, 4) is 0 Å². The predicted molar refractivity (Wildman–Crippen MR) is 48.7 cm³/mol. The Bertz CT molecular complexity index is 257. The maximum absolute atomic E-state index is 10.3. The van der Waals surface area contributed by atoms with Crippen LogP contribution < -0.4 is 0 Å². The summed E-state index contributed by atoms with van der Waals surface area (Å²) in [5.74, 6) is -13.9. The summed E-state index contributed by atoms with van der Waals surface area (Å²) in [7, 11) is 0. The standard InChI is InChI=1S/C8H16O8/c1-2-3-4-6(11,12)8(15,16)7(13,14)5(9)10/h11-16H,2-4H2,1H3,(H,9,10). The van der Waals surface area contributed by atoms with Crippen molar-refractivity contribution in [2.75, 3.05) is 0 Å². The highest BCUT2D eigenvalue weighted by Gasteiger charge is 2.65. The molecule has 0 amide bonds. The van der Waals surface area contributed by atoms with Crippen LogP contribution in [0, 0.1) is 0 Å². The zero-order valence-corrected chi connectivity index (χ0v) is 8.66. The average Bonchev–Trinajstić information content (AvgIpc) is 2.13. The number of rotatable bonds is 6. The van der Waals surface area contributed by atoms with Gasteiger partial charge in [-0.15, -0.1) is 0 Å². The Morgan fingerprint density at radius 1 is 1.06 bits per heavy atom. The Balaban J connectivity index is 5.09. The number of carboxylic acids is 1. The second-order valence-corrected chi connectivity index (χ2v) is 3.57. The first-order valence-corrected chi connectivity index (χ1v) is 4.58. The van der Waals surface area contributed by atoms with Crippen molar-refractivity contribution in [3.63, 3.8) is 0 Å². The quantitative estimate of drug-likeness (QED) is 0.247. The summed E-state index contributed by atoms with van der Waals surface area (Å²) in [6, 6.07) is 0. The fourth-order valence-electron chi connectivity index (χ4n) is 1.03. The van der Waals surface area contributed by atoms with Gasteiger partial charge in [-0.1, -0.05) is 13.3 Å². The van der Waals surface area contributed by atoms with Crippen molar-refractivity contribution in [3.05, 3.63) is 0 Å². The van der Waals surface area contributed by atoms with Crippen LogP contribution in [0.2, 0.25) is 0 Å². The molecule has 0 heterocycles. The van der Waals surface area contributed by atoms with Crippen molar-refractivity contribution in [2.24, 2.45) is 0 Å². The van der Waals surface area contributed by atoms with Crippen molar-refractivity contribution in [1.29, 1.82) is 0 Å². The Morgan fingerprint density at radius 3 is 1.81 bits per heavy atom. The number of unbranched alkanes of at least 4 members (excludes halogenated alkanes) is 1. The largest absolute Gasteiger partial charge is 0.477 e. The molecule has 0 aromatic carbocycles. The number of hydrogen-bond acceptors (Lipinski definition) is 7. The molecule has 0 aromatic heterocycles. The van der Waals surface area contributed by atoms with Gasteiger partial charge in [0.2, 0.25) is 5.79 Å². The molecule has 8 heteroatoms. The third kappa shape index (κ3) is 2.48. The second kappa shape index (κ2) is 4.62. The molecule has 0 spiro atoms. The average molecular weight is 240 g/mol. The summed E-state index contributed by atoms with van der Waals surface area (Å²) in [5, 5.41) is 62.8. The Hall–Kier alpha value is -0.770. The molecule has 0 saturated carbocycles. The van der Waals surface area contributed by atoms with Gasteiger partial charge in [0.1, 0.15) is 0 Å². The highest BCUT2D eigenvalue weighted by molar-refractivity contribution is 5.76. The third-order valence-electron chi connectivity index (χ3n) is 2.22. The molecule has 8 nitrogen and oxygen atoms in total. The lowest BCUT2D eigenvalue weighted by Crippen LogP contribution is -2.71. The molecule has 0 bridgehead atoms. The van der Waals surface area contributed by atoms with E-state index in [4.69, 9.17) is 25.5 Å². The Labute approximate surface area is 91.0 Å². The summed E-state index contributed by atoms with van der Waals surface area (Å²) >= 11 is 0. The van der Waals surface area contributed by atoms with E-state index in [1.165, 1.54) is 0 Å². The van der Waals surface area contributed by atoms with Gasteiger partial charge in [-0.05, 0) is 6.42 Å². The van der Waals surface area contributed by atoms with E-state index in [0.717, 1.165) is 0 Å². The van der Waals surface area contributed by atoms with E-state index in [2.05, 4.69) is 0 Å². The summed E-state index contributed by atoms with van der Waals surface area (Å²) in [4.78, 5) is 10.3. The van der Waals surface area contributed by atoms with Gasteiger partial charge in [0.05, 0.1) is 0 Å². The monoisotopic (exact) mass is 240 g/mol. The molecule has 0 saturated heterocycles. The molecule has 16 heavy (non-hydrogen) atoms. The summed E-state index contributed by atoms with van der Waals surface area (Å²) < 4.78 is 0. The molecular weight excluding hydrogens is 224 g/mol. The fraction of sp³-hybridized carbons (Fsp3) is 0.875. The minimum Gasteiger partial charge on any atom is -0.477 e. The molecule has 0 atom stereocenters. The highest BCUT2D eigenvalue weighted by atomic mass is 16.7. The topological polar surface area (TPSA) is 159 Å². The van der Waals surface area contributed by atoms with E-state index in [-0.39, 0.29) is 6.42 Å². The maximum Gasteiger partial charge on any atom is 0.370 e. The molecule has 0 aliphatic carbocycles. The molecule has 7 N–H and O–H groups in total. The fourth-order valence-corrected chi connectivity index (χ4v) is 1.03. The number of aliphatic carboxylic acids is 1. The minimum absolute atomic E-state index is 0.117. The van der Waals surface area contributed by atoms with E-state index < -0.39 is 29.8 Å². The molecule has 96 valence electrons. The zero-order valence-electron chi connectivity index (χ0n) is 8.66. The Kier molecular flexibility index (Phi) is 4.39. The van der Waals surface area contributed by atoms with Crippen LogP contribution in [-0.4, -0.2) is 59.1 Å². The van der Waals surface area contributed by atoms with Crippen molar-refractivity contribution in [1.82, 2.24) is 0 Å². The minimum atomic E-state index is -4.09. The second-order valence-electron chi connectivity index (χ2n) is 3.57. The van der Waals surface area contributed by atoms with Gasteiger partial charge in [0.25, 0.3) is 5.79 Å². The van der Waals surface area contributed by atoms with Crippen LogP contribution in [0.4, 0.5) is 0 Å². The molecule has 0 rings (SSSR count). The molecule has 0 unspecified atom stereocenters. The normalized spacial score (nSPS) is 13.9. The van der Waals surface area contributed by atoms with Gasteiger partial charge >= 0.3 is 11.8 Å². The van der Waals surface area contributed by atoms with E-state index in [1.807, 2.05) is 0 Å². The zero-order chi connectivity index (χ0) is 13.2. The van der Waals surface area contributed by atoms with Crippen LogP contribution in [-0.2, 0) is 4.79 Å². The molecular formula is C8H16O8. The third-order valence-corrected chi connectivity index (χ3v) is 2.22. The summed E-state index contributed by atoms with van der Waals surface area (Å²) in [6.07, 6.45) is -0.0614. The van der Waals surface area contributed by atoms with Crippen LogP contribution in [0.5, 0.6) is 0 Å². The van der Waals surface area contributed by atoms with E-state index in [0.29, 0.717) is 6.42 Å². The lowest BCUT2D eigenvalue weighted by Gasteiger charge is -2.40. The van der Waals surface area contributed by atoms with Gasteiger partial charge in [-0.25, -0.2) is 4.79 Å². The first-order valence-electron chi connectivity index (χ1n) is 4.58. The maximum atomic E-state index is 10.3. The summed E-state index contributed by atoms with van der Waals surface area (Å²) in [5.41, 5.74) is 0. The smallest absolute Gasteiger partial charge is 0.370 e. The molecule has 0 radical (unpaired) electrons. The lowest BCUT2D eigenvalue weighted by molar-refractivity contribution is -0.441. The summed E-state index contributed by atoms with van der Waals surface area (Å²) in [6.45, 7) is 1.66. The van der Waals surface area contributed by atoms with Crippen LogP contribution in [0.1, 0.15) is 26.2 Å². The van der Waals surface area contributed by atoms with Crippen LogP contribution in [0.25, 0.3) is 0 Å². The van der Waals surface area contributed by atoms with Crippen LogP contribution in [0.15, 0.2) is 0 Å². The van der Waals surface area contributed by atoms with Gasteiger partial charge in [0.15, 0.2) is 0 Å². The molecule has 0 aliphatic heterocycles. The first-order chi connectivity index (χ1) is 7.00. The Morgan fingerprint density at radius 2 is 1.50 bits per heavy atom. The number of hydrogen-bond donors (Lipinski definition) is 7. The number of aliphatic hydroxyl groups is 6. The van der Waals surface area contributed by atoms with Crippen molar-refractivity contribution >= 4 is 5.97 Å². The van der Waals surface area contributed by atoms with Gasteiger partial charge in [-0.2, -0.15) is 0 Å². The van der Waals surface area contributed by atoms with Gasteiger partial charge < -0.3 is 35.7 Å². The van der Waals surface area contributed by atoms with Crippen LogP contribution >= 0.6 is 0 Å². The lowest BCUT2D eigenvalue weighted by atomic mass is 9.92. The van der Waals surface area contributed by atoms with Crippen LogP contribution in [0.3, 0.4) is 0 Å². The predicted octanol–water partition coefficient (Wildman–Crippen LogP) is -2.70. The highest BCUT2D eigenvalue weighted by Crippen LogP contribution is 2.31. The van der Waals surface area contributed by atoms with E-state index in [1.54, 1.807) is 6.92 Å². The van der Waals surface area contributed by atoms with Gasteiger partial charge in [-0.3, -0.25) is 0 Å². The first kappa shape index (κ1) is 15.2. The van der Waals surface area contributed by atoms with Gasteiger partial charge in [0, 0.05) is 6.42 Å². The number of carboxylic acid groups (broad SMARTS) is 1. The molecule has 0 aromatic rings. The number of carbonyl (C=O) groups is 1. The molecule has 0 aliphatic rings. The van der Waals surface area contributed by atoms with E-state index >= 15 is 0 Å². The van der Waals surface area contributed by atoms with Crippen molar-refractivity contribution in [2.45, 2.75) is 43.5 Å².